The van der Waals surface area contributed by atoms with Gasteiger partial charge in [0.1, 0.15) is 5.82 Å². The van der Waals surface area contributed by atoms with Gasteiger partial charge in [0, 0.05) is 11.5 Å². The minimum absolute atomic E-state index is 0.121. The maximum Gasteiger partial charge on any atom is 0.271 e. The van der Waals surface area contributed by atoms with Crippen LogP contribution < -0.4 is 4.74 Å². The van der Waals surface area contributed by atoms with Crippen LogP contribution in [0.2, 0.25) is 0 Å². The average Bonchev–Trinajstić information content (AvgIpc) is 2.92. The van der Waals surface area contributed by atoms with Crippen LogP contribution in [0, 0.1) is 17.5 Å². The van der Waals surface area contributed by atoms with Gasteiger partial charge < -0.3 is 18.9 Å². The van der Waals surface area contributed by atoms with E-state index in [-0.39, 0.29) is 29.7 Å². The molecule has 3 aromatic rings. The number of unbranched alkanes of at least 4 members (excludes halogenated alkanes) is 1. The van der Waals surface area contributed by atoms with Crippen molar-refractivity contribution in [3.63, 3.8) is 0 Å². The van der Waals surface area contributed by atoms with Crippen LogP contribution in [0.25, 0.3) is 22.3 Å². The molecule has 0 atom stereocenters. The SMILES string of the molecule is C=CCCOc1ccc(-c2ccc(-c3ccc(C4COC(OCCCC)OC4)c(F)c3)cc2)c(F)c1F. The molecular formula is C30H31F3O4. The minimum atomic E-state index is -1.03. The Kier molecular flexibility index (Phi) is 9.39. The molecule has 196 valence electrons. The van der Waals surface area contributed by atoms with Crippen molar-refractivity contribution in [2.45, 2.75) is 38.6 Å². The van der Waals surface area contributed by atoms with Crippen LogP contribution in [0.1, 0.15) is 37.7 Å². The quantitative estimate of drug-likeness (QED) is 0.196. The molecule has 0 aliphatic carbocycles. The zero-order valence-electron chi connectivity index (χ0n) is 20.9. The first kappa shape index (κ1) is 26.9. The van der Waals surface area contributed by atoms with Crippen molar-refractivity contribution >= 4 is 0 Å². The molecule has 1 aliphatic heterocycles. The number of hydrogen-bond donors (Lipinski definition) is 0. The lowest BCUT2D eigenvalue weighted by Gasteiger charge is -2.29. The van der Waals surface area contributed by atoms with Gasteiger partial charge in [0.2, 0.25) is 5.82 Å². The third kappa shape index (κ3) is 6.60. The lowest BCUT2D eigenvalue weighted by atomic mass is 9.95. The summed E-state index contributed by atoms with van der Waals surface area (Å²) in [7, 11) is 0. The Bertz CT molecular complexity index is 1190. The Labute approximate surface area is 215 Å². The van der Waals surface area contributed by atoms with E-state index in [9.17, 15) is 8.78 Å². The van der Waals surface area contributed by atoms with Crippen molar-refractivity contribution in [1.82, 2.24) is 0 Å². The fraction of sp³-hybridized carbons (Fsp3) is 0.333. The lowest BCUT2D eigenvalue weighted by Crippen LogP contribution is -2.33. The lowest BCUT2D eigenvalue weighted by molar-refractivity contribution is -0.315. The van der Waals surface area contributed by atoms with Gasteiger partial charge in [-0.3, -0.25) is 0 Å². The van der Waals surface area contributed by atoms with E-state index in [0.29, 0.717) is 42.9 Å². The van der Waals surface area contributed by atoms with E-state index < -0.39 is 18.1 Å². The first-order valence-electron chi connectivity index (χ1n) is 12.5. The highest BCUT2D eigenvalue weighted by molar-refractivity contribution is 5.71. The number of ether oxygens (including phenoxy) is 4. The first-order valence-corrected chi connectivity index (χ1v) is 12.5. The zero-order valence-corrected chi connectivity index (χ0v) is 20.9. The number of halogens is 3. The van der Waals surface area contributed by atoms with Crippen LogP contribution in [0.3, 0.4) is 0 Å². The van der Waals surface area contributed by atoms with Gasteiger partial charge in [0.25, 0.3) is 6.48 Å². The predicted octanol–water partition coefficient (Wildman–Crippen LogP) is 7.62. The summed E-state index contributed by atoms with van der Waals surface area (Å²) in [6, 6.07) is 14.8. The smallest absolute Gasteiger partial charge is 0.271 e. The topological polar surface area (TPSA) is 36.9 Å². The van der Waals surface area contributed by atoms with Gasteiger partial charge in [0.15, 0.2) is 11.6 Å². The second kappa shape index (κ2) is 12.9. The van der Waals surface area contributed by atoms with Gasteiger partial charge in [-0.05, 0) is 53.3 Å². The van der Waals surface area contributed by atoms with Gasteiger partial charge >= 0.3 is 0 Å². The summed E-state index contributed by atoms with van der Waals surface area (Å²) in [6.07, 6.45) is 4.11. The Morgan fingerprint density at radius 2 is 1.59 bits per heavy atom. The molecule has 1 aliphatic rings. The number of rotatable bonds is 11. The van der Waals surface area contributed by atoms with Crippen LogP contribution >= 0.6 is 0 Å². The number of hydrogen-bond acceptors (Lipinski definition) is 4. The van der Waals surface area contributed by atoms with Crippen LogP contribution in [0.4, 0.5) is 13.2 Å². The third-order valence-corrected chi connectivity index (χ3v) is 6.21. The highest BCUT2D eigenvalue weighted by Gasteiger charge is 2.26. The Morgan fingerprint density at radius 1 is 0.892 bits per heavy atom. The molecule has 4 rings (SSSR count). The highest BCUT2D eigenvalue weighted by Crippen LogP contribution is 2.33. The van der Waals surface area contributed by atoms with E-state index in [4.69, 9.17) is 18.9 Å². The predicted molar refractivity (Wildman–Crippen MR) is 137 cm³/mol. The van der Waals surface area contributed by atoms with E-state index in [2.05, 4.69) is 13.5 Å². The van der Waals surface area contributed by atoms with Crippen LogP contribution in [0.15, 0.2) is 67.3 Å². The van der Waals surface area contributed by atoms with Gasteiger partial charge in [-0.2, -0.15) is 4.39 Å². The van der Waals surface area contributed by atoms with E-state index in [1.165, 1.54) is 18.2 Å². The molecule has 0 saturated carbocycles. The van der Waals surface area contributed by atoms with Gasteiger partial charge in [0.05, 0.1) is 26.4 Å². The van der Waals surface area contributed by atoms with Gasteiger partial charge in [-0.1, -0.05) is 55.8 Å². The second-order valence-corrected chi connectivity index (χ2v) is 8.86. The molecule has 1 saturated heterocycles. The summed E-state index contributed by atoms with van der Waals surface area (Å²) in [4.78, 5) is 0. The fourth-order valence-corrected chi connectivity index (χ4v) is 4.08. The molecule has 1 fully saturated rings. The molecule has 4 nitrogen and oxygen atoms in total. The summed E-state index contributed by atoms with van der Waals surface area (Å²) in [5.74, 6) is -2.73. The third-order valence-electron chi connectivity index (χ3n) is 6.21. The Balaban J connectivity index is 1.43. The van der Waals surface area contributed by atoms with E-state index in [0.717, 1.165) is 18.4 Å². The minimum Gasteiger partial charge on any atom is -0.490 e. The summed E-state index contributed by atoms with van der Waals surface area (Å²) in [5.41, 5.74) is 2.56. The Hall–Kier alpha value is -3.13. The van der Waals surface area contributed by atoms with E-state index >= 15 is 4.39 Å². The normalized spacial score (nSPS) is 17.5. The molecule has 0 unspecified atom stereocenters. The molecular weight excluding hydrogens is 481 g/mol. The van der Waals surface area contributed by atoms with Crippen LogP contribution in [-0.2, 0) is 14.2 Å². The molecule has 0 amide bonds. The Morgan fingerprint density at radius 3 is 2.27 bits per heavy atom. The number of benzene rings is 3. The van der Waals surface area contributed by atoms with Gasteiger partial charge in [-0.25, -0.2) is 8.78 Å². The van der Waals surface area contributed by atoms with Crippen molar-refractivity contribution in [2.24, 2.45) is 0 Å². The van der Waals surface area contributed by atoms with Crippen molar-refractivity contribution < 1.29 is 32.1 Å². The summed E-state index contributed by atoms with van der Waals surface area (Å²) >= 11 is 0. The second-order valence-electron chi connectivity index (χ2n) is 8.86. The molecule has 37 heavy (non-hydrogen) atoms. The fourth-order valence-electron chi connectivity index (χ4n) is 4.08. The van der Waals surface area contributed by atoms with E-state index in [1.54, 1.807) is 36.4 Å². The standard InChI is InChI=1S/C30H31F3O4/c1-3-5-15-34-27-14-13-25(28(32)29(27)33)21-9-7-20(8-10-21)22-11-12-24(26(31)17-22)23-18-36-30(37-19-23)35-16-6-4-2/h3,7-14,17,23,30H,1,4-6,15-16,18-19H2,2H3. The largest absolute Gasteiger partial charge is 0.490 e. The molecule has 1 heterocycles. The van der Waals surface area contributed by atoms with Crippen molar-refractivity contribution in [1.29, 1.82) is 0 Å². The molecule has 0 radical (unpaired) electrons. The summed E-state index contributed by atoms with van der Waals surface area (Å²) in [5, 5.41) is 0. The molecule has 0 bridgehead atoms. The first-order chi connectivity index (χ1) is 18.0. The maximum absolute atomic E-state index is 15.0. The van der Waals surface area contributed by atoms with Gasteiger partial charge in [-0.15, -0.1) is 6.58 Å². The van der Waals surface area contributed by atoms with Crippen molar-refractivity contribution in [2.75, 3.05) is 26.4 Å². The molecule has 0 aromatic heterocycles. The van der Waals surface area contributed by atoms with Crippen molar-refractivity contribution in [3.8, 4) is 28.0 Å². The molecule has 0 spiro atoms. The monoisotopic (exact) mass is 512 g/mol. The molecule has 7 heteroatoms. The van der Waals surface area contributed by atoms with E-state index in [1.807, 2.05) is 6.07 Å². The summed E-state index contributed by atoms with van der Waals surface area (Å²) in [6.45, 7) is 6.34. The summed E-state index contributed by atoms with van der Waals surface area (Å²) < 4.78 is 66.1. The molecule has 0 N–H and O–H groups in total. The highest BCUT2D eigenvalue weighted by atomic mass is 19.2. The maximum atomic E-state index is 15.0. The molecule has 3 aromatic carbocycles. The average molecular weight is 513 g/mol. The van der Waals surface area contributed by atoms with Crippen molar-refractivity contribution in [3.05, 3.63) is 90.3 Å². The van der Waals surface area contributed by atoms with Crippen LogP contribution in [0.5, 0.6) is 5.75 Å². The van der Waals surface area contributed by atoms with Crippen LogP contribution in [-0.4, -0.2) is 32.9 Å². The zero-order chi connectivity index (χ0) is 26.2.